The molecule has 3 fully saturated rings. The second-order valence-corrected chi connectivity index (χ2v) is 10.9. The van der Waals surface area contributed by atoms with E-state index in [0.29, 0.717) is 24.0 Å². The summed E-state index contributed by atoms with van der Waals surface area (Å²) in [6.45, 7) is 6.08. The quantitative estimate of drug-likeness (QED) is 0.328. The lowest BCUT2D eigenvalue weighted by atomic mass is 9.61. The second kappa shape index (κ2) is 8.65. The molecule has 0 radical (unpaired) electrons. The summed E-state index contributed by atoms with van der Waals surface area (Å²) < 4.78 is 6.41. The fourth-order valence-corrected chi connectivity index (χ4v) is 7.48. The van der Waals surface area contributed by atoms with E-state index in [9.17, 15) is 0 Å². The Morgan fingerprint density at radius 2 is 1.77 bits per heavy atom. The molecule has 2 unspecified atom stereocenters. The van der Waals surface area contributed by atoms with Gasteiger partial charge < -0.3 is 9.64 Å². The van der Waals surface area contributed by atoms with Gasteiger partial charge in [-0.15, -0.1) is 0 Å². The van der Waals surface area contributed by atoms with Crippen LogP contribution >= 0.6 is 12.2 Å². The van der Waals surface area contributed by atoms with Gasteiger partial charge in [-0.25, -0.2) is 0 Å². The Labute approximate surface area is 188 Å². The molecule has 5 aliphatic rings. The Morgan fingerprint density at radius 1 is 1.00 bits per heavy atom. The van der Waals surface area contributed by atoms with E-state index in [2.05, 4.69) is 35.7 Å². The van der Waals surface area contributed by atoms with E-state index in [0.717, 1.165) is 23.2 Å². The minimum atomic E-state index is 0.396. The van der Waals surface area contributed by atoms with Crippen LogP contribution in [0.3, 0.4) is 0 Å². The number of piperidine rings is 1. The standard InChI is InChI=1S/C27H37NOS/c1-20-6-4-15-27(18-20)16-5-17-28-25(27)14-11-21-9-12-22(13-10-21)23-7-2-3-8-24(23)29-19-26(28)30/h2-3,7-8,21-22,25H,1,4-6,9-19H2. The van der Waals surface area contributed by atoms with Crippen molar-refractivity contribution in [2.24, 2.45) is 11.3 Å². The summed E-state index contributed by atoms with van der Waals surface area (Å²) >= 11 is 6.03. The lowest BCUT2D eigenvalue weighted by Crippen LogP contribution is -2.56. The summed E-state index contributed by atoms with van der Waals surface area (Å²) in [4.78, 5) is 3.63. The maximum absolute atomic E-state index is 6.41. The van der Waals surface area contributed by atoms with Crippen molar-refractivity contribution in [2.75, 3.05) is 13.2 Å². The number of hydrogen-bond donors (Lipinski definition) is 0. The Kier molecular flexibility index (Phi) is 5.92. The third-order valence-corrected chi connectivity index (χ3v) is 9.04. The fourth-order valence-electron chi connectivity index (χ4n) is 7.21. The monoisotopic (exact) mass is 423 g/mol. The van der Waals surface area contributed by atoms with Crippen LogP contribution in [0, 0.1) is 11.3 Å². The Hall–Kier alpha value is -1.35. The molecule has 3 heterocycles. The molecule has 2 atom stereocenters. The molecule has 0 aromatic heterocycles. The molecule has 6 rings (SSSR count). The lowest BCUT2D eigenvalue weighted by molar-refractivity contribution is 0.0273. The Morgan fingerprint density at radius 3 is 2.60 bits per heavy atom. The third kappa shape index (κ3) is 3.95. The number of benzene rings is 1. The zero-order valence-electron chi connectivity index (χ0n) is 18.4. The Bertz CT molecular complexity index is 792. The van der Waals surface area contributed by atoms with Crippen LogP contribution in [0.5, 0.6) is 5.75 Å². The zero-order chi connectivity index (χ0) is 20.6. The van der Waals surface area contributed by atoms with Gasteiger partial charge in [0.1, 0.15) is 17.3 Å². The fraction of sp³-hybridized carbons (Fsp3) is 0.667. The van der Waals surface area contributed by atoms with Crippen molar-refractivity contribution < 1.29 is 4.74 Å². The number of nitrogens with zero attached hydrogens (tertiary/aromatic N) is 1. The van der Waals surface area contributed by atoms with Gasteiger partial charge in [0.25, 0.3) is 0 Å². The van der Waals surface area contributed by atoms with E-state index in [1.807, 2.05) is 0 Å². The van der Waals surface area contributed by atoms with Gasteiger partial charge in [-0.2, -0.15) is 0 Å². The first-order valence-electron chi connectivity index (χ1n) is 12.3. The molecule has 1 saturated heterocycles. The van der Waals surface area contributed by atoms with Crippen LogP contribution in [0.15, 0.2) is 36.4 Å². The molecule has 1 aromatic carbocycles. The van der Waals surface area contributed by atoms with Crippen molar-refractivity contribution in [3.63, 3.8) is 0 Å². The van der Waals surface area contributed by atoms with E-state index < -0.39 is 0 Å². The highest BCUT2D eigenvalue weighted by Crippen LogP contribution is 2.51. The molecular formula is C27H37NOS. The average Bonchev–Trinajstić information content (AvgIpc) is 2.78. The number of thiocarbonyl (C=S) groups is 1. The van der Waals surface area contributed by atoms with Gasteiger partial charge in [-0.3, -0.25) is 0 Å². The maximum Gasteiger partial charge on any atom is 0.138 e. The van der Waals surface area contributed by atoms with Crippen LogP contribution in [-0.2, 0) is 0 Å². The molecule has 0 amide bonds. The summed E-state index contributed by atoms with van der Waals surface area (Å²) in [5.74, 6) is 2.61. The first-order valence-corrected chi connectivity index (χ1v) is 12.7. The summed E-state index contributed by atoms with van der Waals surface area (Å²) in [7, 11) is 0. The smallest absolute Gasteiger partial charge is 0.138 e. The normalized spacial score (nSPS) is 34.9. The first-order chi connectivity index (χ1) is 14.6. The topological polar surface area (TPSA) is 12.5 Å². The highest BCUT2D eigenvalue weighted by molar-refractivity contribution is 7.80. The molecule has 2 saturated carbocycles. The van der Waals surface area contributed by atoms with Gasteiger partial charge in [-0.1, -0.05) is 42.6 Å². The van der Waals surface area contributed by atoms with Gasteiger partial charge in [-0.05, 0) is 106 Å². The van der Waals surface area contributed by atoms with E-state index in [1.54, 1.807) is 0 Å². The molecule has 2 aliphatic carbocycles. The number of ether oxygens (including phenoxy) is 1. The van der Waals surface area contributed by atoms with Gasteiger partial charge in [0.15, 0.2) is 0 Å². The molecule has 2 bridgehead atoms. The molecule has 2 nitrogen and oxygen atoms in total. The van der Waals surface area contributed by atoms with Crippen LogP contribution in [0.2, 0.25) is 0 Å². The van der Waals surface area contributed by atoms with E-state index >= 15 is 0 Å². The first kappa shape index (κ1) is 20.5. The number of para-hydroxylation sites is 1. The summed E-state index contributed by atoms with van der Waals surface area (Å²) in [5.41, 5.74) is 3.28. The van der Waals surface area contributed by atoms with E-state index in [1.165, 1.54) is 88.2 Å². The predicted molar refractivity (Wildman–Crippen MR) is 128 cm³/mol. The summed E-state index contributed by atoms with van der Waals surface area (Å²) in [6, 6.07) is 9.30. The maximum atomic E-state index is 6.41. The van der Waals surface area contributed by atoms with Crippen molar-refractivity contribution in [3.05, 3.63) is 42.0 Å². The van der Waals surface area contributed by atoms with E-state index in [-0.39, 0.29) is 0 Å². The minimum absolute atomic E-state index is 0.396. The highest BCUT2D eigenvalue weighted by atomic mass is 32.1. The van der Waals surface area contributed by atoms with Crippen molar-refractivity contribution in [2.45, 2.75) is 89.0 Å². The van der Waals surface area contributed by atoms with Crippen molar-refractivity contribution in [3.8, 4) is 5.75 Å². The van der Waals surface area contributed by atoms with Crippen LogP contribution in [0.25, 0.3) is 0 Å². The van der Waals surface area contributed by atoms with Crippen LogP contribution in [0.4, 0.5) is 0 Å². The number of allylic oxidation sites excluding steroid dienone is 1. The van der Waals surface area contributed by atoms with Crippen LogP contribution in [0.1, 0.15) is 88.5 Å². The van der Waals surface area contributed by atoms with Gasteiger partial charge in [0.05, 0.1) is 0 Å². The summed E-state index contributed by atoms with van der Waals surface area (Å²) in [5, 5.41) is 0. The summed E-state index contributed by atoms with van der Waals surface area (Å²) in [6.07, 6.45) is 15.7. The largest absolute Gasteiger partial charge is 0.486 e. The lowest BCUT2D eigenvalue weighted by Gasteiger charge is -2.53. The third-order valence-electron chi connectivity index (χ3n) is 8.69. The average molecular weight is 424 g/mol. The molecule has 1 aromatic rings. The molecule has 3 heteroatoms. The van der Waals surface area contributed by atoms with Gasteiger partial charge in [0.2, 0.25) is 0 Å². The Balaban J connectivity index is 1.46. The molecular weight excluding hydrogens is 386 g/mol. The van der Waals surface area contributed by atoms with Gasteiger partial charge >= 0.3 is 0 Å². The van der Waals surface area contributed by atoms with E-state index in [4.69, 9.17) is 17.0 Å². The zero-order valence-corrected chi connectivity index (χ0v) is 19.2. The predicted octanol–water partition coefficient (Wildman–Crippen LogP) is 7.04. The molecule has 30 heavy (non-hydrogen) atoms. The number of fused-ring (bicyclic) bond motifs is 5. The second-order valence-electron chi connectivity index (χ2n) is 10.5. The van der Waals surface area contributed by atoms with Crippen molar-refractivity contribution in [1.29, 1.82) is 0 Å². The molecule has 1 spiro atoms. The molecule has 3 aliphatic heterocycles. The van der Waals surface area contributed by atoms with Gasteiger partial charge in [0, 0.05) is 12.6 Å². The number of rotatable bonds is 0. The molecule has 0 N–H and O–H groups in total. The highest BCUT2D eigenvalue weighted by Gasteiger charge is 2.46. The minimum Gasteiger partial charge on any atom is -0.486 e. The van der Waals surface area contributed by atoms with Crippen LogP contribution < -0.4 is 4.74 Å². The molecule has 162 valence electrons. The number of hydrogen-bond acceptors (Lipinski definition) is 2. The van der Waals surface area contributed by atoms with Crippen molar-refractivity contribution in [1.82, 2.24) is 4.90 Å². The van der Waals surface area contributed by atoms with Crippen molar-refractivity contribution >= 4 is 17.2 Å². The van der Waals surface area contributed by atoms with Crippen LogP contribution in [-0.4, -0.2) is 29.1 Å². The SMILES string of the molecule is C=C1CCCC2(CCCN3C(=S)COc4ccccc4C4CCC(CC4)CCC32)C1.